The zero-order valence-corrected chi connectivity index (χ0v) is 18.8. The highest BCUT2D eigenvalue weighted by Crippen LogP contribution is 2.10. The monoisotopic (exact) mass is 502 g/mol. The Kier molecular flexibility index (Phi) is 10.6. The molecule has 1 amide bonds. The third kappa shape index (κ3) is 8.28. The summed E-state index contributed by atoms with van der Waals surface area (Å²) >= 11 is 0. The highest BCUT2D eigenvalue weighted by molar-refractivity contribution is 14.0. The number of hydrogen-bond acceptors (Lipinski definition) is 3. The predicted octanol–water partition coefficient (Wildman–Crippen LogP) is 2.75. The molecule has 2 aromatic rings. The molecule has 0 bridgehead atoms. The number of amides is 1. The number of carbonyl (C=O) groups is 1. The maximum atomic E-state index is 13.2. The molecule has 2 N–H and O–H groups in total. The van der Waals surface area contributed by atoms with Gasteiger partial charge in [0, 0.05) is 33.6 Å². The highest BCUT2D eigenvalue weighted by Gasteiger charge is 2.06. The topological polar surface area (TPSA) is 69.9 Å². The Morgan fingerprint density at radius 1 is 1.18 bits per heavy atom. The van der Waals surface area contributed by atoms with Gasteiger partial charge in [0.15, 0.2) is 5.96 Å². The zero-order chi connectivity index (χ0) is 19.6. The van der Waals surface area contributed by atoms with Crippen LogP contribution in [0.15, 0.2) is 46.0 Å². The lowest BCUT2D eigenvalue weighted by Crippen LogP contribution is -2.40. The second kappa shape index (κ2) is 12.4. The van der Waals surface area contributed by atoms with Gasteiger partial charge in [-0.3, -0.25) is 4.79 Å². The van der Waals surface area contributed by atoms with Crippen molar-refractivity contribution in [3.05, 3.63) is 59.3 Å². The molecular formula is C20H28FIN4O2. The fourth-order valence-corrected chi connectivity index (χ4v) is 2.48. The summed E-state index contributed by atoms with van der Waals surface area (Å²) in [5.41, 5.74) is 1.99. The second-order valence-corrected chi connectivity index (χ2v) is 6.46. The number of guanidine groups is 1. The van der Waals surface area contributed by atoms with E-state index in [1.54, 1.807) is 26.4 Å². The van der Waals surface area contributed by atoms with Gasteiger partial charge in [-0.05, 0) is 48.7 Å². The molecule has 6 nitrogen and oxygen atoms in total. The number of aryl methyl sites for hydroxylation is 1. The van der Waals surface area contributed by atoms with Crippen molar-refractivity contribution in [3.8, 4) is 0 Å². The number of aliphatic imine (C=N–C) groups is 1. The van der Waals surface area contributed by atoms with Crippen LogP contribution in [0.1, 0.15) is 16.9 Å². The van der Waals surface area contributed by atoms with Crippen LogP contribution in [0.5, 0.6) is 0 Å². The summed E-state index contributed by atoms with van der Waals surface area (Å²) in [5, 5.41) is 6.44. The van der Waals surface area contributed by atoms with E-state index in [9.17, 15) is 9.18 Å². The van der Waals surface area contributed by atoms with Crippen molar-refractivity contribution in [2.75, 3.05) is 33.7 Å². The largest absolute Gasteiger partial charge is 0.469 e. The van der Waals surface area contributed by atoms with Crippen LogP contribution in [-0.2, 0) is 17.6 Å². The number of carbonyl (C=O) groups excluding carboxylic acids is 1. The van der Waals surface area contributed by atoms with E-state index in [4.69, 9.17) is 4.42 Å². The number of nitrogens with zero attached hydrogens (tertiary/aromatic N) is 2. The van der Waals surface area contributed by atoms with Gasteiger partial charge in [-0.15, -0.1) is 24.0 Å². The smallest absolute Gasteiger partial charge is 0.243 e. The fraction of sp³-hybridized carbons (Fsp3) is 0.400. The van der Waals surface area contributed by atoms with Crippen molar-refractivity contribution in [2.24, 2.45) is 4.99 Å². The van der Waals surface area contributed by atoms with Gasteiger partial charge in [0.05, 0.1) is 6.26 Å². The van der Waals surface area contributed by atoms with E-state index in [0.29, 0.717) is 25.5 Å². The Morgan fingerprint density at radius 3 is 2.50 bits per heavy atom. The van der Waals surface area contributed by atoms with Gasteiger partial charge in [-0.2, -0.15) is 0 Å². The van der Waals surface area contributed by atoms with Crippen molar-refractivity contribution >= 4 is 35.8 Å². The summed E-state index contributed by atoms with van der Waals surface area (Å²) in [6.45, 7) is 3.21. The number of furan rings is 1. The third-order valence-electron chi connectivity index (χ3n) is 4.11. The van der Waals surface area contributed by atoms with Gasteiger partial charge >= 0.3 is 0 Å². The first-order valence-corrected chi connectivity index (χ1v) is 8.95. The molecule has 0 radical (unpaired) electrons. The Balaban J connectivity index is 0.00000392. The molecule has 2 rings (SSSR count). The number of nitrogens with one attached hydrogen (secondary N) is 2. The van der Waals surface area contributed by atoms with Gasteiger partial charge in [-0.1, -0.05) is 6.07 Å². The third-order valence-corrected chi connectivity index (χ3v) is 4.11. The molecule has 0 aliphatic heterocycles. The van der Waals surface area contributed by atoms with Gasteiger partial charge in [0.2, 0.25) is 5.91 Å². The quantitative estimate of drug-likeness (QED) is 0.331. The molecule has 1 heterocycles. The molecule has 0 spiro atoms. The lowest BCUT2D eigenvalue weighted by atomic mass is 10.1. The number of halogens is 2. The Morgan fingerprint density at radius 2 is 1.89 bits per heavy atom. The molecule has 8 heteroatoms. The number of likely N-dealkylation sites (N-methyl/N-ethyl adjacent to an activating group) is 1. The van der Waals surface area contributed by atoms with Crippen LogP contribution in [0, 0.1) is 12.7 Å². The first-order valence-electron chi connectivity index (χ1n) is 8.95. The summed E-state index contributed by atoms with van der Waals surface area (Å²) in [6, 6.07) is 8.56. The van der Waals surface area contributed by atoms with Crippen molar-refractivity contribution in [3.63, 3.8) is 0 Å². The number of hydrogen-bond donors (Lipinski definition) is 2. The van der Waals surface area contributed by atoms with Gasteiger partial charge in [-0.25, -0.2) is 9.38 Å². The first kappa shape index (κ1) is 23.9. The molecule has 1 aromatic carbocycles. The zero-order valence-electron chi connectivity index (χ0n) is 16.5. The van der Waals surface area contributed by atoms with Gasteiger partial charge < -0.3 is 20.0 Å². The van der Waals surface area contributed by atoms with Crippen LogP contribution >= 0.6 is 24.0 Å². The van der Waals surface area contributed by atoms with Crippen molar-refractivity contribution in [2.45, 2.75) is 19.8 Å². The van der Waals surface area contributed by atoms with Crippen LogP contribution in [-0.4, -0.2) is 50.5 Å². The minimum Gasteiger partial charge on any atom is -0.469 e. The average Bonchev–Trinajstić information content (AvgIpc) is 3.14. The molecule has 0 unspecified atom stereocenters. The van der Waals surface area contributed by atoms with E-state index in [2.05, 4.69) is 15.6 Å². The Labute approximate surface area is 182 Å². The SMILES string of the molecule is Cc1cc(F)ccc1CCNC(=NCC(=O)N(C)C)NCCc1ccco1.I. The fourth-order valence-electron chi connectivity index (χ4n) is 2.48. The molecule has 0 saturated carbocycles. The normalized spacial score (nSPS) is 10.9. The van der Waals surface area contributed by atoms with Crippen molar-refractivity contribution in [1.29, 1.82) is 0 Å². The van der Waals surface area contributed by atoms with Crippen molar-refractivity contribution < 1.29 is 13.6 Å². The summed E-state index contributed by atoms with van der Waals surface area (Å²) in [6.07, 6.45) is 3.09. The molecule has 0 aliphatic carbocycles. The maximum absolute atomic E-state index is 13.2. The molecule has 0 aliphatic rings. The Bertz CT molecular complexity index is 764. The second-order valence-electron chi connectivity index (χ2n) is 6.46. The van der Waals surface area contributed by atoms with Crippen LogP contribution in [0.3, 0.4) is 0 Å². The van der Waals surface area contributed by atoms with Crippen LogP contribution in [0.2, 0.25) is 0 Å². The van der Waals surface area contributed by atoms with Crippen LogP contribution in [0.25, 0.3) is 0 Å². The number of rotatable bonds is 8. The molecule has 0 atom stereocenters. The van der Waals surface area contributed by atoms with Gasteiger partial charge in [0.1, 0.15) is 18.1 Å². The highest BCUT2D eigenvalue weighted by atomic mass is 127. The van der Waals surface area contributed by atoms with E-state index in [-0.39, 0.29) is 42.2 Å². The summed E-state index contributed by atoms with van der Waals surface area (Å²) in [5.74, 6) is 1.15. The van der Waals surface area contributed by atoms with E-state index in [0.717, 1.165) is 23.3 Å². The standard InChI is InChI=1S/C20H27FN4O2.HI/c1-15-13-17(21)7-6-16(15)8-10-22-20(24-14-19(26)25(2)3)23-11-9-18-5-4-12-27-18;/h4-7,12-13H,8-11,14H2,1-3H3,(H2,22,23,24);1H. The predicted molar refractivity (Wildman–Crippen MR) is 120 cm³/mol. The summed E-state index contributed by atoms with van der Waals surface area (Å²) in [4.78, 5) is 17.6. The lowest BCUT2D eigenvalue weighted by Gasteiger charge is -2.14. The minimum atomic E-state index is -0.228. The molecule has 0 saturated heterocycles. The molecule has 1 aromatic heterocycles. The van der Waals surface area contributed by atoms with Crippen LogP contribution < -0.4 is 10.6 Å². The van der Waals surface area contributed by atoms with E-state index in [1.165, 1.54) is 17.0 Å². The molecule has 28 heavy (non-hydrogen) atoms. The number of benzene rings is 1. The van der Waals surface area contributed by atoms with Crippen LogP contribution in [0.4, 0.5) is 4.39 Å². The average molecular weight is 502 g/mol. The summed E-state index contributed by atoms with van der Waals surface area (Å²) in [7, 11) is 3.40. The molecule has 154 valence electrons. The van der Waals surface area contributed by atoms with E-state index < -0.39 is 0 Å². The first-order chi connectivity index (χ1) is 13.0. The maximum Gasteiger partial charge on any atom is 0.243 e. The van der Waals surface area contributed by atoms with Crippen molar-refractivity contribution in [1.82, 2.24) is 15.5 Å². The Hall–Kier alpha value is -2.10. The molecule has 0 fully saturated rings. The lowest BCUT2D eigenvalue weighted by molar-refractivity contribution is -0.127. The van der Waals surface area contributed by atoms with E-state index >= 15 is 0 Å². The van der Waals surface area contributed by atoms with Gasteiger partial charge in [0.25, 0.3) is 0 Å². The summed E-state index contributed by atoms with van der Waals surface area (Å²) < 4.78 is 18.5. The molecular weight excluding hydrogens is 474 g/mol. The van der Waals surface area contributed by atoms with E-state index in [1.807, 2.05) is 19.1 Å². The minimum absolute atomic E-state index is 0.